The van der Waals surface area contributed by atoms with Crippen molar-refractivity contribution in [3.63, 3.8) is 0 Å². The molecule has 0 saturated heterocycles. The van der Waals surface area contributed by atoms with Gasteiger partial charge in [0.15, 0.2) is 0 Å². The monoisotopic (exact) mass is 434 g/mol. The van der Waals surface area contributed by atoms with Crippen molar-refractivity contribution in [2.24, 2.45) is 0 Å². The molecular formula is C19H19ClN4O4S. The van der Waals surface area contributed by atoms with E-state index < -0.39 is 10.0 Å². The summed E-state index contributed by atoms with van der Waals surface area (Å²) >= 11 is 5.87. The molecule has 0 bridgehead atoms. The number of anilines is 1. The zero-order valence-corrected chi connectivity index (χ0v) is 17.6. The Morgan fingerprint density at radius 2 is 1.90 bits per heavy atom. The summed E-state index contributed by atoms with van der Waals surface area (Å²) in [5.74, 6) is 0.252. The van der Waals surface area contributed by atoms with E-state index in [1.54, 1.807) is 49.4 Å². The number of amides is 1. The SMILES string of the molecule is Cc1c(C(=O)NCc2nc(-c3ccc(Cl)cc3)no2)cccc1N(C)S(C)(=O)=O. The lowest BCUT2D eigenvalue weighted by atomic mass is 10.1. The number of carbonyl (C=O) groups is 1. The van der Waals surface area contributed by atoms with Gasteiger partial charge in [0.1, 0.15) is 0 Å². The highest BCUT2D eigenvalue weighted by Gasteiger charge is 2.19. The van der Waals surface area contributed by atoms with Crippen LogP contribution in [0.15, 0.2) is 47.0 Å². The fraction of sp³-hybridized carbons (Fsp3) is 0.211. The lowest BCUT2D eigenvalue weighted by Crippen LogP contribution is -2.28. The van der Waals surface area contributed by atoms with Crippen LogP contribution in [0.3, 0.4) is 0 Å². The van der Waals surface area contributed by atoms with Gasteiger partial charge in [0.05, 0.1) is 18.5 Å². The summed E-state index contributed by atoms with van der Waals surface area (Å²) in [7, 11) is -2.00. The van der Waals surface area contributed by atoms with Crippen LogP contribution in [0.25, 0.3) is 11.4 Å². The first kappa shape index (κ1) is 20.8. The smallest absolute Gasteiger partial charge is 0.252 e. The molecule has 152 valence electrons. The van der Waals surface area contributed by atoms with Gasteiger partial charge in [0, 0.05) is 23.2 Å². The molecule has 1 aromatic heterocycles. The normalized spacial score (nSPS) is 11.3. The third-order valence-corrected chi connectivity index (χ3v) is 5.80. The second-order valence-corrected chi connectivity index (χ2v) is 8.83. The van der Waals surface area contributed by atoms with Crippen LogP contribution in [0.4, 0.5) is 5.69 Å². The predicted octanol–water partition coefficient (Wildman–Crippen LogP) is 3.02. The van der Waals surface area contributed by atoms with Crippen molar-refractivity contribution in [1.29, 1.82) is 0 Å². The lowest BCUT2D eigenvalue weighted by molar-refractivity contribution is 0.0945. The van der Waals surface area contributed by atoms with Gasteiger partial charge in [0.2, 0.25) is 21.7 Å². The standard InChI is InChI=1S/C19H19ClN4O4S/c1-12-15(5-4-6-16(12)24(2)29(3,26)27)19(25)21-11-17-22-18(23-28-17)13-7-9-14(20)10-8-13/h4-10H,11H2,1-3H3,(H,21,25). The second-order valence-electron chi connectivity index (χ2n) is 6.38. The van der Waals surface area contributed by atoms with Gasteiger partial charge in [-0.15, -0.1) is 0 Å². The molecule has 0 aliphatic heterocycles. The maximum absolute atomic E-state index is 12.6. The summed E-state index contributed by atoms with van der Waals surface area (Å²) in [6.07, 6.45) is 1.10. The number of hydrogen-bond donors (Lipinski definition) is 1. The molecule has 0 aliphatic carbocycles. The van der Waals surface area contributed by atoms with Gasteiger partial charge in [-0.3, -0.25) is 9.10 Å². The van der Waals surface area contributed by atoms with E-state index in [-0.39, 0.29) is 18.3 Å². The summed E-state index contributed by atoms with van der Waals surface area (Å²) in [4.78, 5) is 16.8. The van der Waals surface area contributed by atoms with Crippen molar-refractivity contribution in [1.82, 2.24) is 15.5 Å². The fourth-order valence-corrected chi connectivity index (χ4v) is 3.36. The van der Waals surface area contributed by atoms with Crippen molar-refractivity contribution in [2.75, 3.05) is 17.6 Å². The molecule has 1 heterocycles. The van der Waals surface area contributed by atoms with Crippen molar-refractivity contribution in [2.45, 2.75) is 13.5 Å². The largest absolute Gasteiger partial charge is 0.343 e. The molecule has 8 nitrogen and oxygen atoms in total. The van der Waals surface area contributed by atoms with E-state index in [4.69, 9.17) is 16.1 Å². The quantitative estimate of drug-likeness (QED) is 0.639. The molecule has 0 fully saturated rings. The Bertz CT molecular complexity index is 1140. The number of carbonyl (C=O) groups excluding carboxylic acids is 1. The summed E-state index contributed by atoms with van der Waals surface area (Å²) in [5.41, 5.74) is 2.08. The first-order chi connectivity index (χ1) is 13.7. The molecular weight excluding hydrogens is 416 g/mol. The van der Waals surface area contributed by atoms with E-state index in [0.717, 1.165) is 16.1 Å². The van der Waals surface area contributed by atoms with E-state index in [1.165, 1.54) is 7.05 Å². The molecule has 3 rings (SSSR count). The third-order valence-electron chi connectivity index (χ3n) is 4.36. The molecule has 3 aromatic rings. The molecule has 29 heavy (non-hydrogen) atoms. The maximum atomic E-state index is 12.6. The Hall–Kier alpha value is -2.91. The summed E-state index contributed by atoms with van der Waals surface area (Å²) in [6, 6.07) is 11.9. The van der Waals surface area contributed by atoms with E-state index in [2.05, 4.69) is 15.5 Å². The van der Waals surface area contributed by atoms with Crippen LogP contribution >= 0.6 is 11.6 Å². The highest BCUT2D eigenvalue weighted by molar-refractivity contribution is 7.92. The Labute approximate surface area is 173 Å². The zero-order valence-electron chi connectivity index (χ0n) is 16.0. The predicted molar refractivity (Wildman–Crippen MR) is 110 cm³/mol. The van der Waals surface area contributed by atoms with E-state index >= 15 is 0 Å². The molecule has 0 saturated carbocycles. The Balaban J connectivity index is 1.73. The number of benzene rings is 2. The lowest BCUT2D eigenvalue weighted by Gasteiger charge is -2.20. The molecule has 1 N–H and O–H groups in total. The molecule has 2 aromatic carbocycles. The number of rotatable bonds is 6. The summed E-state index contributed by atoms with van der Waals surface area (Å²) in [5, 5.41) is 7.21. The fourth-order valence-electron chi connectivity index (χ4n) is 2.68. The van der Waals surface area contributed by atoms with Crippen molar-refractivity contribution >= 4 is 33.2 Å². The van der Waals surface area contributed by atoms with Gasteiger partial charge in [-0.05, 0) is 48.9 Å². The molecule has 1 amide bonds. The van der Waals surface area contributed by atoms with Crippen LogP contribution in [-0.2, 0) is 16.6 Å². The number of sulfonamides is 1. The second kappa shape index (κ2) is 8.22. The van der Waals surface area contributed by atoms with E-state index in [0.29, 0.717) is 27.7 Å². The molecule has 0 aliphatic rings. The summed E-state index contributed by atoms with van der Waals surface area (Å²) in [6.45, 7) is 1.72. The molecule has 0 radical (unpaired) electrons. The molecule has 0 unspecified atom stereocenters. The Morgan fingerprint density at radius 3 is 2.55 bits per heavy atom. The number of aromatic nitrogens is 2. The topological polar surface area (TPSA) is 105 Å². The van der Waals surface area contributed by atoms with Crippen LogP contribution in [-0.4, -0.2) is 37.8 Å². The van der Waals surface area contributed by atoms with Crippen LogP contribution < -0.4 is 9.62 Å². The average Bonchev–Trinajstić information content (AvgIpc) is 3.14. The number of nitrogens with one attached hydrogen (secondary N) is 1. The highest BCUT2D eigenvalue weighted by atomic mass is 35.5. The van der Waals surface area contributed by atoms with E-state index in [1.807, 2.05) is 0 Å². The Morgan fingerprint density at radius 1 is 1.21 bits per heavy atom. The number of halogens is 1. The molecule has 10 heteroatoms. The van der Waals surface area contributed by atoms with Gasteiger partial charge in [0.25, 0.3) is 5.91 Å². The van der Waals surface area contributed by atoms with Crippen molar-refractivity contribution in [3.05, 3.63) is 64.5 Å². The Kier molecular flexibility index (Phi) is 5.90. The molecule has 0 spiro atoms. The minimum Gasteiger partial charge on any atom is -0.343 e. The van der Waals surface area contributed by atoms with Gasteiger partial charge in [-0.25, -0.2) is 8.42 Å². The first-order valence-electron chi connectivity index (χ1n) is 8.57. The highest BCUT2D eigenvalue weighted by Crippen LogP contribution is 2.24. The molecule has 0 atom stereocenters. The zero-order chi connectivity index (χ0) is 21.2. The van der Waals surface area contributed by atoms with Crippen LogP contribution in [0.1, 0.15) is 21.8 Å². The van der Waals surface area contributed by atoms with Crippen molar-refractivity contribution in [3.8, 4) is 11.4 Å². The number of hydrogen-bond acceptors (Lipinski definition) is 6. The first-order valence-corrected chi connectivity index (χ1v) is 10.8. The van der Waals surface area contributed by atoms with Crippen LogP contribution in [0.2, 0.25) is 5.02 Å². The van der Waals surface area contributed by atoms with Crippen LogP contribution in [0.5, 0.6) is 0 Å². The van der Waals surface area contributed by atoms with Gasteiger partial charge >= 0.3 is 0 Å². The van der Waals surface area contributed by atoms with Gasteiger partial charge < -0.3 is 9.84 Å². The summed E-state index contributed by atoms with van der Waals surface area (Å²) < 4.78 is 29.9. The number of nitrogens with zero attached hydrogens (tertiary/aromatic N) is 3. The van der Waals surface area contributed by atoms with Crippen molar-refractivity contribution < 1.29 is 17.7 Å². The third kappa shape index (κ3) is 4.75. The maximum Gasteiger partial charge on any atom is 0.252 e. The van der Waals surface area contributed by atoms with Gasteiger partial charge in [-0.2, -0.15) is 4.98 Å². The minimum absolute atomic E-state index is 0.0327. The average molecular weight is 435 g/mol. The minimum atomic E-state index is -3.44. The van der Waals surface area contributed by atoms with E-state index in [9.17, 15) is 13.2 Å². The van der Waals surface area contributed by atoms with Gasteiger partial charge in [-0.1, -0.05) is 22.8 Å². The van der Waals surface area contributed by atoms with Crippen LogP contribution in [0, 0.1) is 6.92 Å².